The summed E-state index contributed by atoms with van der Waals surface area (Å²) in [6.07, 6.45) is 3.51. The van der Waals surface area contributed by atoms with Gasteiger partial charge in [-0.3, -0.25) is 0 Å². The number of hydrogen-bond acceptors (Lipinski definition) is 3. The van der Waals surface area contributed by atoms with Gasteiger partial charge in [-0.1, -0.05) is 24.3 Å². The maximum Gasteiger partial charge on any atom is 0.147 e. The standard InChI is InChI=1S/C17H24N4/c1-17(2,3)21-15(11-18)19-20-16(21)14-10-6-8-12-7-4-5-9-13(12)14/h4-5,7,9,14H,6,8,10-11,18H2,1-3H3. The molecule has 0 bridgehead atoms. The van der Waals surface area contributed by atoms with Crippen LogP contribution in [0.25, 0.3) is 0 Å². The Hall–Kier alpha value is -1.68. The van der Waals surface area contributed by atoms with Crippen molar-refractivity contribution in [3.05, 3.63) is 47.0 Å². The minimum atomic E-state index is -0.0556. The lowest BCUT2D eigenvalue weighted by Crippen LogP contribution is -2.29. The van der Waals surface area contributed by atoms with Gasteiger partial charge in [0.1, 0.15) is 11.6 Å². The first-order valence-corrected chi connectivity index (χ1v) is 7.75. The molecule has 2 aromatic rings. The molecule has 1 heterocycles. The zero-order valence-corrected chi connectivity index (χ0v) is 13.1. The molecule has 21 heavy (non-hydrogen) atoms. The van der Waals surface area contributed by atoms with Crippen molar-refractivity contribution in [1.82, 2.24) is 14.8 Å². The van der Waals surface area contributed by atoms with E-state index in [2.05, 4.69) is 59.8 Å². The Balaban J connectivity index is 2.13. The zero-order chi connectivity index (χ0) is 15.0. The average molecular weight is 284 g/mol. The van der Waals surface area contributed by atoms with Crippen molar-refractivity contribution >= 4 is 0 Å². The first kappa shape index (κ1) is 14.3. The van der Waals surface area contributed by atoms with E-state index in [0.717, 1.165) is 18.1 Å². The average Bonchev–Trinajstić information content (AvgIpc) is 2.90. The smallest absolute Gasteiger partial charge is 0.147 e. The third-order valence-electron chi connectivity index (χ3n) is 4.29. The number of hydrogen-bond donors (Lipinski definition) is 1. The molecular weight excluding hydrogens is 260 g/mol. The van der Waals surface area contributed by atoms with Crippen LogP contribution in [0, 0.1) is 0 Å². The Morgan fingerprint density at radius 3 is 2.71 bits per heavy atom. The lowest BCUT2D eigenvalue weighted by atomic mass is 9.82. The van der Waals surface area contributed by atoms with Crippen LogP contribution in [0.2, 0.25) is 0 Å². The van der Waals surface area contributed by atoms with Crippen LogP contribution in [0.4, 0.5) is 0 Å². The third-order valence-corrected chi connectivity index (χ3v) is 4.29. The number of benzene rings is 1. The molecule has 2 N–H and O–H groups in total. The number of fused-ring (bicyclic) bond motifs is 1. The lowest BCUT2D eigenvalue weighted by Gasteiger charge is -2.30. The maximum atomic E-state index is 5.86. The first-order valence-electron chi connectivity index (χ1n) is 7.75. The van der Waals surface area contributed by atoms with Crippen LogP contribution in [0.5, 0.6) is 0 Å². The van der Waals surface area contributed by atoms with Crippen LogP contribution in [-0.4, -0.2) is 14.8 Å². The minimum Gasteiger partial charge on any atom is -0.324 e. The van der Waals surface area contributed by atoms with Gasteiger partial charge in [-0.05, 0) is 51.2 Å². The number of aryl methyl sites for hydroxylation is 1. The minimum absolute atomic E-state index is 0.0556. The van der Waals surface area contributed by atoms with Crippen molar-refractivity contribution in [2.24, 2.45) is 5.73 Å². The predicted octanol–water partition coefficient (Wildman–Crippen LogP) is 2.96. The van der Waals surface area contributed by atoms with Gasteiger partial charge in [0.2, 0.25) is 0 Å². The fourth-order valence-electron chi connectivity index (χ4n) is 3.44. The molecule has 0 saturated heterocycles. The molecule has 0 fully saturated rings. The van der Waals surface area contributed by atoms with Crippen molar-refractivity contribution < 1.29 is 0 Å². The zero-order valence-electron chi connectivity index (χ0n) is 13.1. The van der Waals surface area contributed by atoms with Gasteiger partial charge in [0.05, 0.1) is 6.54 Å². The van der Waals surface area contributed by atoms with Gasteiger partial charge in [-0.25, -0.2) is 0 Å². The summed E-state index contributed by atoms with van der Waals surface area (Å²) in [7, 11) is 0. The molecule has 1 unspecified atom stereocenters. The fourth-order valence-corrected chi connectivity index (χ4v) is 3.44. The first-order chi connectivity index (χ1) is 10.0. The highest BCUT2D eigenvalue weighted by atomic mass is 15.3. The highest BCUT2D eigenvalue weighted by Crippen LogP contribution is 2.37. The molecule has 4 heteroatoms. The van der Waals surface area contributed by atoms with Gasteiger partial charge >= 0.3 is 0 Å². The normalized spacial score (nSPS) is 18.6. The summed E-state index contributed by atoms with van der Waals surface area (Å²) in [5.74, 6) is 2.28. The summed E-state index contributed by atoms with van der Waals surface area (Å²) in [6, 6.07) is 8.73. The molecule has 1 aromatic carbocycles. The molecule has 1 atom stereocenters. The molecule has 1 aliphatic carbocycles. The van der Waals surface area contributed by atoms with E-state index in [0.29, 0.717) is 12.5 Å². The number of nitrogens with zero attached hydrogens (tertiary/aromatic N) is 3. The van der Waals surface area contributed by atoms with E-state index in [1.54, 1.807) is 0 Å². The Morgan fingerprint density at radius 2 is 2.00 bits per heavy atom. The number of rotatable bonds is 2. The van der Waals surface area contributed by atoms with E-state index in [1.807, 2.05) is 0 Å². The maximum absolute atomic E-state index is 5.86. The van der Waals surface area contributed by atoms with Crippen LogP contribution in [-0.2, 0) is 18.5 Å². The van der Waals surface area contributed by atoms with Gasteiger partial charge in [0, 0.05) is 11.5 Å². The molecule has 3 rings (SSSR count). The van der Waals surface area contributed by atoms with Gasteiger partial charge in [0.25, 0.3) is 0 Å². The Labute approximate surface area is 126 Å². The summed E-state index contributed by atoms with van der Waals surface area (Å²) >= 11 is 0. The summed E-state index contributed by atoms with van der Waals surface area (Å²) in [5, 5.41) is 8.85. The van der Waals surface area contributed by atoms with Crippen molar-refractivity contribution in [3.8, 4) is 0 Å². The second-order valence-corrected chi connectivity index (χ2v) is 6.83. The molecule has 4 nitrogen and oxygen atoms in total. The molecule has 1 aromatic heterocycles. The van der Waals surface area contributed by atoms with Crippen LogP contribution in [0.15, 0.2) is 24.3 Å². The van der Waals surface area contributed by atoms with Crippen molar-refractivity contribution in [2.45, 2.75) is 58.0 Å². The highest BCUT2D eigenvalue weighted by molar-refractivity contribution is 5.36. The highest BCUT2D eigenvalue weighted by Gasteiger charge is 2.30. The molecule has 0 radical (unpaired) electrons. The fraction of sp³-hybridized carbons (Fsp3) is 0.529. The molecule has 0 spiro atoms. The Morgan fingerprint density at radius 1 is 1.24 bits per heavy atom. The summed E-state index contributed by atoms with van der Waals surface area (Å²) < 4.78 is 2.24. The van der Waals surface area contributed by atoms with Crippen molar-refractivity contribution in [3.63, 3.8) is 0 Å². The third kappa shape index (κ3) is 2.48. The number of nitrogens with two attached hydrogens (primary N) is 1. The molecule has 112 valence electrons. The van der Waals surface area contributed by atoms with Crippen molar-refractivity contribution in [1.29, 1.82) is 0 Å². The van der Waals surface area contributed by atoms with Gasteiger partial charge in [-0.15, -0.1) is 10.2 Å². The van der Waals surface area contributed by atoms with Gasteiger partial charge in [-0.2, -0.15) is 0 Å². The summed E-state index contributed by atoms with van der Waals surface area (Å²) in [4.78, 5) is 0. The Kier molecular flexibility index (Phi) is 3.57. The molecular formula is C17H24N4. The lowest BCUT2D eigenvalue weighted by molar-refractivity contribution is 0.359. The summed E-state index contributed by atoms with van der Waals surface area (Å²) in [6.45, 7) is 6.99. The van der Waals surface area contributed by atoms with E-state index in [-0.39, 0.29) is 5.54 Å². The van der Waals surface area contributed by atoms with Crippen molar-refractivity contribution in [2.75, 3.05) is 0 Å². The van der Waals surface area contributed by atoms with E-state index < -0.39 is 0 Å². The SMILES string of the molecule is CC(C)(C)n1c(CN)nnc1C1CCCc2ccccc21. The second-order valence-electron chi connectivity index (χ2n) is 6.83. The Bertz CT molecular complexity index is 636. The number of aromatic nitrogens is 3. The van der Waals surface area contributed by atoms with E-state index in [4.69, 9.17) is 5.73 Å². The largest absolute Gasteiger partial charge is 0.324 e. The van der Waals surface area contributed by atoms with Crippen LogP contribution in [0.1, 0.15) is 62.3 Å². The molecule has 0 amide bonds. The van der Waals surface area contributed by atoms with Gasteiger partial charge < -0.3 is 10.3 Å². The second kappa shape index (κ2) is 5.26. The van der Waals surface area contributed by atoms with Crippen LogP contribution < -0.4 is 5.73 Å². The van der Waals surface area contributed by atoms with Crippen LogP contribution >= 0.6 is 0 Å². The molecule has 1 aliphatic rings. The van der Waals surface area contributed by atoms with E-state index >= 15 is 0 Å². The van der Waals surface area contributed by atoms with E-state index in [1.165, 1.54) is 24.0 Å². The monoisotopic (exact) mass is 284 g/mol. The molecule has 0 aliphatic heterocycles. The van der Waals surface area contributed by atoms with Gasteiger partial charge in [0.15, 0.2) is 0 Å². The predicted molar refractivity (Wildman–Crippen MR) is 84.1 cm³/mol. The van der Waals surface area contributed by atoms with E-state index in [9.17, 15) is 0 Å². The summed E-state index contributed by atoms with van der Waals surface area (Å²) in [5.41, 5.74) is 8.66. The van der Waals surface area contributed by atoms with Crippen LogP contribution in [0.3, 0.4) is 0 Å². The topological polar surface area (TPSA) is 56.7 Å². The molecule has 0 saturated carbocycles. The quantitative estimate of drug-likeness (QED) is 0.922.